The summed E-state index contributed by atoms with van der Waals surface area (Å²) in [5, 5.41) is 0. The van der Waals surface area contributed by atoms with Gasteiger partial charge in [0.25, 0.3) is 5.91 Å². The van der Waals surface area contributed by atoms with Crippen molar-refractivity contribution in [1.29, 1.82) is 0 Å². The van der Waals surface area contributed by atoms with E-state index in [4.69, 9.17) is 9.31 Å². The van der Waals surface area contributed by atoms with Gasteiger partial charge in [-0.25, -0.2) is 4.98 Å². The molecule has 1 fully saturated rings. The second kappa shape index (κ2) is 5.07. The van der Waals surface area contributed by atoms with E-state index in [0.717, 1.165) is 5.46 Å². The molecule has 114 valence electrons. The van der Waals surface area contributed by atoms with Crippen molar-refractivity contribution in [3.63, 3.8) is 0 Å². The summed E-state index contributed by atoms with van der Waals surface area (Å²) >= 11 is 0. The third-order valence-electron chi connectivity index (χ3n) is 4.40. The van der Waals surface area contributed by atoms with Gasteiger partial charge >= 0.3 is 7.12 Å². The molecule has 1 aliphatic heterocycles. The van der Waals surface area contributed by atoms with Crippen molar-refractivity contribution in [1.82, 2.24) is 9.55 Å². The van der Waals surface area contributed by atoms with E-state index in [1.54, 1.807) is 18.5 Å². The molecule has 2 aromatic rings. The predicted octanol–water partition coefficient (Wildman–Crippen LogP) is 1.87. The Bertz CT molecular complexity index is 679. The topological polar surface area (TPSA) is 53.4 Å². The lowest BCUT2D eigenvalue weighted by molar-refractivity contribution is 0.00578. The molecular formula is C16H19BN2O3. The van der Waals surface area contributed by atoms with Crippen molar-refractivity contribution in [3.05, 3.63) is 48.5 Å². The molecule has 1 aromatic heterocycles. The summed E-state index contributed by atoms with van der Waals surface area (Å²) in [4.78, 5) is 16.3. The first kappa shape index (κ1) is 15.0. The van der Waals surface area contributed by atoms with Gasteiger partial charge in [0.15, 0.2) is 0 Å². The van der Waals surface area contributed by atoms with Gasteiger partial charge in [0.05, 0.1) is 11.2 Å². The molecule has 0 bridgehead atoms. The van der Waals surface area contributed by atoms with E-state index in [2.05, 4.69) is 4.98 Å². The fourth-order valence-corrected chi connectivity index (χ4v) is 2.33. The van der Waals surface area contributed by atoms with Crippen LogP contribution in [0.3, 0.4) is 0 Å². The number of rotatable bonds is 2. The van der Waals surface area contributed by atoms with Crippen molar-refractivity contribution >= 4 is 18.5 Å². The maximum Gasteiger partial charge on any atom is 0.494 e. The Morgan fingerprint density at radius 2 is 1.86 bits per heavy atom. The molecule has 3 rings (SSSR count). The quantitative estimate of drug-likeness (QED) is 0.794. The molecule has 22 heavy (non-hydrogen) atoms. The lowest BCUT2D eigenvalue weighted by atomic mass is 9.78. The number of imidazole rings is 1. The maximum atomic E-state index is 12.4. The lowest BCUT2D eigenvalue weighted by Crippen LogP contribution is -2.41. The first-order valence-corrected chi connectivity index (χ1v) is 7.28. The second-order valence-corrected chi connectivity index (χ2v) is 6.49. The predicted molar refractivity (Wildman–Crippen MR) is 84.1 cm³/mol. The van der Waals surface area contributed by atoms with Crippen LogP contribution in [0.1, 0.15) is 38.1 Å². The third kappa shape index (κ3) is 2.49. The number of nitrogens with zero attached hydrogens (tertiary/aromatic N) is 2. The van der Waals surface area contributed by atoms with Crippen molar-refractivity contribution in [3.8, 4) is 0 Å². The van der Waals surface area contributed by atoms with E-state index in [1.165, 1.54) is 10.9 Å². The van der Waals surface area contributed by atoms with Gasteiger partial charge in [-0.05, 0) is 45.3 Å². The Kier molecular flexibility index (Phi) is 3.46. The van der Waals surface area contributed by atoms with Gasteiger partial charge in [-0.2, -0.15) is 0 Å². The highest BCUT2D eigenvalue weighted by Gasteiger charge is 2.51. The monoisotopic (exact) mass is 298 g/mol. The fourth-order valence-electron chi connectivity index (χ4n) is 2.33. The highest BCUT2D eigenvalue weighted by molar-refractivity contribution is 6.62. The highest BCUT2D eigenvalue weighted by Crippen LogP contribution is 2.36. The average Bonchev–Trinajstić information content (AvgIpc) is 3.05. The minimum Gasteiger partial charge on any atom is -0.399 e. The summed E-state index contributed by atoms with van der Waals surface area (Å²) in [6.45, 7) is 8.03. The molecule has 0 unspecified atom stereocenters. The van der Waals surface area contributed by atoms with E-state index < -0.39 is 18.3 Å². The van der Waals surface area contributed by atoms with E-state index in [-0.39, 0.29) is 5.91 Å². The Labute approximate surface area is 130 Å². The van der Waals surface area contributed by atoms with Gasteiger partial charge in [-0.15, -0.1) is 0 Å². The van der Waals surface area contributed by atoms with Crippen LogP contribution < -0.4 is 5.46 Å². The van der Waals surface area contributed by atoms with Gasteiger partial charge in [0.1, 0.15) is 6.33 Å². The zero-order valence-corrected chi connectivity index (χ0v) is 13.2. The van der Waals surface area contributed by atoms with Gasteiger partial charge in [-0.1, -0.05) is 12.1 Å². The molecule has 1 aliphatic rings. The molecule has 0 saturated carbocycles. The van der Waals surface area contributed by atoms with Crippen LogP contribution >= 0.6 is 0 Å². The lowest BCUT2D eigenvalue weighted by Gasteiger charge is -2.32. The highest BCUT2D eigenvalue weighted by atomic mass is 16.7. The molecule has 5 nitrogen and oxygen atoms in total. The van der Waals surface area contributed by atoms with Gasteiger partial charge in [0.2, 0.25) is 0 Å². The number of hydrogen-bond acceptors (Lipinski definition) is 4. The summed E-state index contributed by atoms with van der Waals surface area (Å²) in [6, 6.07) is 7.33. The fraction of sp³-hybridized carbons (Fsp3) is 0.375. The van der Waals surface area contributed by atoms with E-state index in [0.29, 0.717) is 5.56 Å². The molecule has 0 aliphatic carbocycles. The molecule has 0 atom stereocenters. The van der Waals surface area contributed by atoms with Crippen LogP contribution in [0.5, 0.6) is 0 Å². The minimum absolute atomic E-state index is 0.129. The summed E-state index contributed by atoms with van der Waals surface area (Å²) in [7, 11) is -0.472. The Morgan fingerprint density at radius 1 is 1.18 bits per heavy atom. The average molecular weight is 298 g/mol. The maximum absolute atomic E-state index is 12.4. The van der Waals surface area contributed by atoms with Gasteiger partial charge in [-0.3, -0.25) is 9.36 Å². The molecule has 1 saturated heterocycles. The van der Waals surface area contributed by atoms with E-state index in [9.17, 15) is 4.79 Å². The molecule has 0 spiro atoms. The summed E-state index contributed by atoms with van der Waals surface area (Å²) in [5.74, 6) is -0.129. The largest absolute Gasteiger partial charge is 0.494 e. The molecule has 0 amide bonds. The van der Waals surface area contributed by atoms with Crippen LogP contribution in [0.2, 0.25) is 0 Å². The number of carbonyl (C=O) groups excluding carboxylic acids is 1. The van der Waals surface area contributed by atoms with Crippen molar-refractivity contribution < 1.29 is 14.1 Å². The van der Waals surface area contributed by atoms with Gasteiger partial charge in [0, 0.05) is 18.0 Å². The summed E-state index contributed by atoms with van der Waals surface area (Å²) in [5.41, 5.74) is 0.610. The van der Waals surface area contributed by atoms with Crippen molar-refractivity contribution in [2.75, 3.05) is 0 Å². The van der Waals surface area contributed by atoms with Gasteiger partial charge < -0.3 is 9.31 Å². The first-order valence-electron chi connectivity index (χ1n) is 7.28. The molecule has 0 N–H and O–H groups in total. The first-order chi connectivity index (χ1) is 10.3. The second-order valence-electron chi connectivity index (χ2n) is 6.49. The Hall–Kier alpha value is -1.92. The number of benzene rings is 1. The molecule has 0 radical (unpaired) electrons. The minimum atomic E-state index is -0.472. The normalized spacial score (nSPS) is 19.4. The number of aromatic nitrogens is 2. The molecule has 1 aromatic carbocycles. The van der Waals surface area contributed by atoms with Crippen molar-refractivity contribution in [2.45, 2.75) is 38.9 Å². The number of carbonyl (C=O) groups is 1. The number of hydrogen-bond donors (Lipinski definition) is 0. The van der Waals surface area contributed by atoms with Crippen LogP contribution in [0.25, 0.3) is 0 Å². The molecule has 6 heteroatoms. The SMILES string of the molecule is CC1(C)OB(c2cccc(C(=O)n3ccnc3)c2)OC1(C)C. The van der Waals surface area contributed by atoms with Crippen LogP contribution in [-0.2, 0) is 9.31 Å². The zero-order valence-electron chi connectivity index (χ0n) is 13.2. The zero-order chi connectivity index (χ0) is 16.0. The van der Waals surface area contributed by atoms with Crippen LogP contribution in [-0.4, -0.2) is 33.8 Å². The molecule has 2 heterocycles. The standard InChI is InChI=1S/C16H19BN2O3/c1-15(2)16(3,4)22-17(21-15)13-7-5-6-12(10-13)14(20)19-9-8-18-11-19/h5-11H,1-4H3. The van der Waals surface area contributed by atoms with E-state index in [1.807, 2.05) is 45.9 Å². The van der Waals surface area contributed by atoms with E-state index >= 15 is 0 Å². The molecular weight excluding hydrogens is 279 g/mol. The van der Waals surface area contributed by atoms with Crippen LogP contribution in [0, 0.1) is 0 Å². The summed E-state index contributed by atoms with van der Waals surface area (Å²) in [6.07, 6.45) is 4.70. The van der Waals surface area contributed by atoms with Crippen LogP contribution in [0.15, 0.2) is 43.0 Å². The van der Waals surface area contributed by atoms with Crippen LogP contribution in [0.4, 0.5) is 0 Å². The van der Waals surface area contributed by atoms with Crippen molar-refractivity contribution in [2.24, 2.45) is 0 Å². The Morgan fingerprint density at radius 3 is 2.45 bits per heavy atom. The summed E-state index contributed by atoms with van der Waals surface area (Å²) < 4.78 is 13.5. The Balaban J connectivity index is 1.88. The smallest absolute Gasteiger partial charge is 0.399 e. The third-order valence-corrected chi connectivity index (χ3v) is 4.40.